The monoisotopic (exact) mass is 501 g/mol. The number of ether oxygens (including phenoxy) is 1. The Hall–Kier alpha value is -2.06. The van der Waals surface area contributed by atoms with Crippen molar-refractivity contribution < 1.29 is 4.74 Å². The Morgan fingerprint density at radius 3 is 2.22 bits per heavy atom. The van der Waals surface area contributed by atoms with Gasteiger partial charge in [-0.2, -0.15) is 5.26 Å². The fraction of sp³-hybridized carbons (Fsp3) is 0.0455. The Morgan fingerprint density at radius 1 is 0.963 bits per heavy atom. The lowest BCUT2D eigenvalue weighted by atomic mass is 10.0. The summed E-state index contributed by atoms with van der Waals surface area (Å²) in [5.74, 6) is 0.673. The second kappa shape index (κ2) is 9.23. The fourth-order valence-corrected chi connectivity index (χ4v) is 3.18. The van der Waals surface area contributed by atoms with E-state index in [2.05, 4.69) is 37.9 Å². The van der Waals surface area contributed by atoms with Crippen LogP contribution in [0.15, 0.2) is 75.7 Å². The van der Waals surface area contributed by atoms with Crippen LogP contribution in [0.2, 0.25) is 5.02 Å². The Labute approximate surface area is 180 Å². The van der Waals surface area contributed by atoms with Gasteiger partial charge in [0.15, 0.2) is 0 Å². The van der Waals surface area contributed by atoms with Gasteiger partial charge in [-0.1, -0.05) is 67.7 Å². The minimum absolute atomic E-state index is 0.427. The Balaban J connectivity index is 1.89. The minimum Gasteiger partial charge on any atom is -0.488 e. The van der Waals surface area contributed by atoms with Gasteiger partial charge in [-0.3, -0.25) is 0 Å². The molecule has 27 heavy (non-hydrogen) atoms. The second-order valence-electron chi connectivity index (χ2n) is 5.77. The summed E-state index contributed by atoms with van der Waals surface area (Å²) in [4.78, 5) is 0. The van der Waals surface area contributed by atoms with E-state index in [1.165, 1.54) is 0 Å². The van der Waals surface area contributed by atoms with Crippen LogP contribution in [0.1, 0.15) is 16.7 Å². The predicted molar refractivity (Wildman–Crippen MR) is 118 cm³/mol. The molecule has 0 spiro atoms. The van der Waals surface area contributed by atoms with E-state index in [4.69, 9.17) is 16.3 Å². The second-order valence-corrected chi connectivity index (χ2v) is 8.04. The average molecular weight is 504 g/mol. The summed E-state index contributed by atoms with van der Waals surface area (Å²) in [6, 6.07) is 23.2. The van der Waals surface area contributed by atoms with Gasteiger partial charge in [0.2, 0.25) is 0 Å². The number of nitrogens with zero attached hydrogens (tertiary/aromatic N) is 1. The molecule has 5 heteroatoms. The average Bonchev–Trinajstić information content (AvgIpc) is 2.67. The Bertz CT molecular complexity index is 1010. The molecule has 0 aliphatic heterocycles. The van der Waals surface area contributed by atoms with Crippen molar-refractivity contribution in [3.63, 3.8) is 0 Å². The van der Waals surface area contributed by atoms with Crippen molar-refractivity contribution in [2.45, 2.75) is 6.61 Å². The third-order valence-corrected chi connectivity index (χ3v) is 5.15. The van der Waals surface area contributed by atoms with E-state index < -0.39 is 0 Å². The number of hydrogen-bond donors (Lipinski definition) is 0. The first-order valence-corrected chi connectivity index (χ1v) is 10.1. The van der Waals surface area contributed by atoms with Crippen molar-refractivity contribution in [2.75, 3.05) is 0 Å². The van der Waals surface area contributed by atoms with E-state index in [0.717, 1.165) is 25.6 Å². The molecule has 0 aliphatic rings. The predicted octanol–water partition coefficient (Wildman–Crippen LogP) is 7.51. The molecular formula is C22H14Br2ClNO. The highest BCUT2D eigenvalue weighted by atomic mass is 79.9. The van der Waals surface area contributed by atoms with Gasteiger partial charge in [0, 0.05) is 19.5 Å². The van der Waals surface area contributed by atoms with Crippen LogP contribution >= 0.6 is 43.5 Å². The van der Waals surface area contributed by atoms with Crippen molar-refractivity contribution in [2.24, 2.45) is 0 Å². The molecule has 0 aromatic heterocycles. The molecule has 0 unspecified atom stereocenters. The van der Waals surface area contributed by atoms with Gasteiger partial charge in [0.1, 0.15) is 12.4 Å². The molecule has 0 saturated carbocycles. The zero-order chi connectivity index (χ0) is 19.2. The maximum absolute atomic E-state index is 9.60. The molecular weight excluding hydrogens is 490 g/mol. The van der Waals surface area contributed by atoms with Crippen LogP contribution in [0.3, 0.4) is 0 Å². The van der Waals surface area contributed by atoms with Gasteiger partial charge in [0.25, 0.3) is 0 Å². The van der Waals surface area contributed by atoms with E-state index >= 15 is 0 Å². The van der Waals surface area contributed by atoms with Crippen molar-refractivity contribution in [3.05, 3.63) is 97.4 Å². The highest BCUT2D eigenvalue weighted by Gasteiger charge is 2.07. The van der Waals surface area contributed by atoms with Crippen LogP contribution in [-0.4, -0.2) is 0 Å². The zero-order valence-corrected chi connectivity index (χ0v) is 18.1. The number of nitriles is 1. The summed E-state index contributed by atoms with van der Waals surface area (Å²) in [7, 11) is 0. The van der Waals surface area contributed by atoms with Crippen molar-refractivity contribution in [3.8, 4) is 11.8 Å². The van der Waals surface area contributed by atoms with Gasteiger partial charge >= 0.3 is 0 Å². The van der Waals surface area contributed by atoms with Crippen LogP contribution < -0.4 is 4.74 Å². The lowest BCUT2D eigenvalue weighted by molar-refractivity contribution is 0.305. The SMILES string of the molecule is N#C/C(=C\c1cc(Cl)ccc1OCc1ccc(Br)cc1)c1ccc(Br)cc1. The molecule has 0 radical (unpaired) electrons. The Kier molecular flexibility index (Phi) is 6.73. The van der Waals surface area contributed by atoms with E-state index in [9.17, 15) is 5.26 Å². The molecule has 134 valence electrons. The van der Waals surface area contributed by atoms with Gasteiger partial charge in [-0.05, 0) is 59.7 Å². The summed E-state index contributed by atoms with van der Waals surface area (Å²) >= 11 is 13.0. The topological polar surface area (TPSA) is 33.0 Å². The highest BCUT2D eigenvalue weighted by Crippen LogP contribution is 2.29. The van der Waals surface area contributed by atoms with Crippen LogP contribution in [0.25, 0.3) is 11.6 Å². The largest absolute Gasteiger partial charge is 0.488 e. The summed E-state index contributed by atoms with van der Waals surface area (Å²) in [5.41, 5.74) is 3.19. The molecule has 0 fully saturated rings. The molecule has 0 heterocycles. The zero-order valence-electron chi connectivity index (χ0n) is 14.1. The lowest BCUT2D eigenvalue weighted by Gasteiger charge is -2.11. The number of allylic oxidation sites excluding steroid dienone is 1. The quantitative estimate of drug-likeness (QED) is 0.267. The van der Waals surface area contributed by atoms with Crippen LogP contribution in [0, 0.1) is 11.3 Å². The standard InChI is InChI=1S/C22H14Br2ClNO/c23-19-5-1-15(2-6-19)14-27-22-10-9-21(25)12-17(22)11-18(13-26)16-3-7-20(24)8-4-16/h1-12H,14H2/b18-11+. The van der Waals surface area contributed by atoms with Gasteiger partial charge in [-0.25, -0.2) is 0 Å². The van der Waals surface area contributed by atoms with Crippen molar-refractivity contribution in [1.82, 2.24) is 0 Å². The number of benzene rings is 3. The number of halogens is 3. The fourth-order valence-electron chi connectivity index (χ4n) is 2.47. The van der Waals surface area contributed by atoms with Crippen LogP contribution in [-0.2, 0) is 6.61 Å². The number of rotatable bonds is 5. The summed E-state index contributed by atoms with van der Waals surface area (Å²) in [5, 5.41) is 10.2. The van der Waals surface area contributed by atoms with E-state index in [1.807, 2.05) is 54.6 Å². The first-order chi connectivity index (χ1) is 13.0. The molecule has 0 bridgehead atoms. The van der Waals surface area contributed by atoms with E-state index in [1.54, 1.807) is 18.2 Å². The van der Waals surface area contributed by atoms with Gasteiger partial charge in [-0.15, -0.1) is 0 Å². The molecule has 3 aromatic carbocycles. The smallest absolute Gasteiger partial charge is 0.127 e. The lowest BCUT2D eigenvalue weighted by Crippen LogP contribution is -1.97. The molecule has 0 N–H and O–H groups in total. The van der Waals surface area contributed by atoms with E-state index in [-0.39, 0.29) is 0 Å². The molecule has 3 aromatic rings. The maximum Gasteiger partial charge on any atom is 0.127 e. The molecule has 0 aliphatic carbocycles. The molecule has 3 rings (SSSR count). The molecule has 0 amide bonds. The first kappa shape index (κ1) is 19.7. The third kappa shape index (κ3) is 5.46. The highest BCUT2D eigenvalue weighted by molar-refractivity contribution is 9.10. The maximum atomic E-state index is 9.60. The summed E-state index contributed by atoms with van der Waals surface area (Å²) in [6.07, 6.45) is 1.80. The molecule has 0 saturated heterocycles. The Morgan fingerprint density at radius 2 is 1.59 bits per heavy atom. The number of hydrogen-bond acceptors (Lipinski definition) is 2. The van der Waals surface area contributed by atoms with Crippen LogP contribution in [0.4, 0.5) is 0 Å². The first-order valence-electron chi connectivity index (χ1n) is 8.10. The van der Waals surface area contributed by atoms with E-state index in [0.29, 0.717) is 23.0 Å². The summed E-state index contributed by atoms with van der Waals surface area (Å²) < 4.78 is 7.97. The normalized spacial score (nSPS) is 11.1. The molecule has 2 nitrogen and oxygen atoms in total. The van der Waals surface area contributed by atoms with Crippen LogP contribution in [0.5, 0.6) is 5.75 Å². The van der Waals surface area contributed by atoms with Gasteiger partial charge < -0.3 is 4.74 Å². The van der Waals surface area contributed by atoms with Crippen molar-refractivity contribution >= 4 is 55.1 Å². The van der Waals surface area contributed by atoms with Crippen molar-refractivity contribution in [1.29, 1.82) is 5.26 Å². The summed E-state index contributed by atoms with van der Waals surface area (Å²) in [6.45, 7) is 0.427. The molecule has 0 atom stereocenters. The minimum atomic E-state index is 0.427. The third-order valence-electron chi connectivity index (χ3n) is 3.85. The van der Waals surface area contributed by atoms with Gasteiger partial charge in [0.05, 0.1) is 11.6 Å².